The van der Waals surface area contributed by atoms with Crippen LogP contribution in [0.15, 0.2) is 54.6 Å². The van der Waals surface area contributed by atoms with Crippen LogP contribution in [0, 0.1) is 0 Å². The van der Waals surface area contributed by atoms with E-state index in [1.54, 1.807) is 17.4 Å². The van der Waals surface area contributed by atoms with Crippen LogP contribution < -0.4 is 16.0 Å². The highest BCUT2D eigenvalue weighted by Gasteiger charge is 2.11. The molecule has 0 saturated heterocycles. The summed E-state index contributed by atoms with van der Waals surface area (Å²) in [5.41, 5.74) is 4.45. The highest BCUT2D eigenvalue weighted by atomic mass is 32.1. The van der Waals surface area contributed by atoms with Crippen molar-refractivity contribution in [2.24, 2.45) is 5.84 Å². The molecule has 2 aromatic heterocycles. The van der Waals surface area contributed by atoms with Gasteiger partial charge in [0.2, 0.25) is 0 Å². The lowest BCUT2D eigenvalue weighted by molar-refractivity contribution is -0.123. The number of rotatable bonds is 4. The van der Waals surface area contributed by atoms with Crippen molar-refractivity contribution in [3.8, 4) is 16.5 Å². The summed E-state index contributed by atoms with van der Waals surface area (Å²) < 4.78 is 6.66. The molecule has 0 aliphatic carbocycles. The lowest BCUT2D eigenvalue weighted by Crippen LogP contribution is -2.34. The van der Waals surface area contributed by atoms with Crippen LogP contribution >= 0.6 is 11.3 Å². The van der Waals surface area contributed by atoms with E-state index in [2.05, 4.69) is 4.98 Å². The number of hydrazine groups is 1. The maximum absolute atomic E-state index is 11.3. The Labute approximate surface area is 147 Å². The van der Waals surface area contributed by atoms with E-state index in [1.165, 1.54) is 0 Å². The number of carbonyl (C=O) groups excluding carboxylic acids is 1. The molecule has 7 heteroatoms. The van der Waals surface area contributed by atoms with Crippen molar-refractivity contribution in [3.63, 3.8) is 0 Å². The topological polar surface area (TPSA) is 90.1 Å². The quantitative estimate of drug-likeness (QED) is 0.335. The summed E-state index contributed by atoms with van der Waals surface area (Å²) in [7, 11) is 0. The number of hydrogen-bond donors (Lipinski definition) is 2. The van der Waals surface area contributed by atoms with Gasteiger partial charge in [0, 0.05) is 5.39 Å². The Hall–Kier alpha value is -3.03. The average molecular weight is 350 g/mol. The van der Waals surface area contributed by atoms with E-state index >= 15 is 0 Å². The molecule has 2 aromatic carbocycles. The van der Waals surface area contributed by atoms with Gasteiger partial charge in [0.25, 0.3) is 5.91 Å². The third-order valence-corrected chi connectivity index (χ3v) is 4.77. The summed E-state index contributed by atoms with van der Waals surface area (Å²) in [5, 5.41) is 1.77. The minimum absolute atomic E-state index is 0.164. The normalized spacial score (nSPS) is 10.9. The SMILES string of the molecule is NNC(=O)COc1cccc2ccc(-c3nc4ccccc4s3)nc12. The Morgan fingerprint density at radius 1 is 1.08 bits per heavy atom. The van der Waals surface area contributed by atoms with Crippen LogP contribution in [0.1, 0.15) is 0 Å². The number of thiazole rings is 1. The van der Waals surface area contributed by atoms with Gasteiger partial charge in [-0.3, -0.25) is 10.2 Å². The Morgan fingerprint density at radius 2 is 1.96 bits per heavy atom. The van der Waals surface area contributed by atoms with E-state index in [-0.39, 0.29) is 6.61 Å². The Kier molecular flexibility index (Phi) is 4.01. The Morgan fingerprint density at radius 3 is 2.80 bits per heavy atom. The molecule has 4 aromatic rings. The standard InChI is InChI=1S/C18H14N4O2S/c19-22-16(23)10-24-14-6-3-4-11-8-9-13(20-17(11)14)18-21-12-5-1-2-7-15(12)25-18/h1-9H,10,19H2,(H,22,23). The van der Waals surface area contributed by atoms with Crippen LogP contribution in [0.25, 0.3) is 31.8 Å². The lowest BCUT2D eigenvalue weighted by Gasteiger charge is -2.08. The van der Waals surface area contributed by atoms with Gasteiger partial charge in [-0.1, -0.05) is 30.3 Å². The number of pyridine rings is 1. The predicted molar refractivity (Wildman–Crippen MR) is 98.2 cm³/mol. The summed E-state index contributed by atoms with van der Waals surface area (Å²) in [4.78, 5) is 20.7. The summed E-state index contributed by atoms with van der Waals surface area (Å²) in [6.45, 7) is -0.164. The van der Waals surface area contributed by atoms with Crippen molar-refractivity contribution in [2.75, 3.05) is 6.61 Å². The fraction of sp³-hybridized carbons (Fsp3) is 0.0556. The lowest BCUT2D eigenvalue weighted by atomic mass is 10.2. The van der Waals surface area contributed by atoms with Crippen molar-refractivity contribution in [1.82, 2.24) is 15.4 Å². The summed E-state index contributed by atoms with van der Waals surface area (Å²) >= 11 is 1.59. The molecular weight excluding hydrogens is 336 g/mol. The van der Waals surface area contributed by atoms with Crippen molar-refractivity contribution in [2.45, 2.75) is 0 Å². The summed E-state index contributed by atoms with van der Waals surface area (Å²) in [5.74, 6) is 5.21. The van der Waals surface area contributed by atoms with Crippen molar-refractivity contribution >= 4 is 38.4 Å². The van der Waals surface area contributed by atoms with Gasteiger partial charge >= 0.3 is 0 Å². The maximum Gasteiger partial charge on any atom is 0.271 e. The number of nitrogens with zero attached hydrogens (tertiary/aromatic N) is 2. The Balaban J connectivity index is 1.76. The number of carbonyl (C=O) groups is 1. The molecule has 0 atom stereocenters. The van der Waals surface area contributed by atoms with Crippen molar-refractivity contribution in [3.05, 3.63) is 54.6 Å². The molecule has 0 radical (unpaired) electrons. The second-order valence-electron chi connectivity index (χ2n) is 5.37. The zero-order valence-electron chi connectivity index (χ0n) is 13.1. The molecular formula is C18H14N4O2S. The van der Waals surface area contributed by atoms with E-state index in [0.717, 1.165) is 26.3 Å². The molecule has 0 fully saturated rings. The van der Waals surface area contributed by atoms with Crippen LogP contribution in [-0.4, -0.2) is 22.5 Å². The molecule has 124 valence electrons. The smallest absolute Gasteiger partial charge is 0.271 e. The molecule has 0 aliphatic heterocycles. The number of nitrogens with one attached hydrogen (secondary N) is 1. The third kappa shape index (κ3) is 3.02. The molecule has 6 nitrogen and oxygen atoms in total. The summed E-state index contributed by atoms with van der Waals surface area (Å²) in [6.07, 6.45) is 0. The number of amides is 1. The second-order valence-corrected chi connectivity index (χ2v) is 6.40. The first kappa shape index (κ1) is 15.5. The minimum Gasteiger partial charge on any atom is -0.481 e. The van der Waals surface area contributed by atoms with Crippen LogP contribution in [0.2, 0.25) is 0 Å². The minimum atomic E-state index is -0.403. The molecule has 0 spiro atoms. The number of nitrogens with two attached hydrogens (primary N) is 1. The number of benzene rings is 2. The van der Waals surface area contributed by atoms with Gasteiger partial charge in [0.1, 0.15) is 16.3 Å². The van der Waals surface area contributed by atoms with Gasteiger partial charge in [-0.15, -0.1) is 11.3 Å². The zero-order valence-corrected chi connectivity index (χ0v) is 13.9. The number of hydrogen-bond acceptors (Lipinski definition) is 6. The third-order valence-electron chi connectivity index (χ3n) is 3.72. The maximum atomic E-state index is 11.3. The van der Waals surface area contributed by atoms with E-state index in [9.17, 15) is 4.79 Å². The first-order valence-corrected chi connectivity index (χ1v) is 8.44. The van der Waals surface area contributed by atoms with Crippen LogP contribution in [-0.2, 0) is 4.79 Å². The van der Waals surface area contributed by atoms with E-state index in [0.29, 0.717) is 11.3 Å². The van der Waals surface area contributed by atoms with E-state index in [4.69, 9.17) is 15.6 Å². The molecule has 0 bridgehead atoms. The molecule has 0 aliphatic rings. The predicted octanol–water partition coefficient (Wildman–Crippen LogP) is 2.88. The van der Waals surface area contributed by atoms with Gasteiger partial charge in [0.05, 0.1) is 15.9 Å². The average Bonchev–Trinajstić information content (AvgIpc) is 3.09. The number of fused-ring (bicyclic) bond motifs is 2. The highest BCUT2D eigenvalue weighted by Crippen LogP contribution is 2.32. The largest absolute Gasteiger partial charge is 0.481 e. The number of para-hydroxylation sites is 2. The molecule has 25 heavy (non-hydrogen) atoms. The molecule has 1 amide bonds. The number of aromatic nitrogens is 2. The molecule has 0 unspecified atom stereocenters. The zero-order chi connectivity index (χ0) is 17.2. The Bertz CT molecular complexity index is 1040. The highest BCUT2D eigenvalue weighted by molar-refractivity contribution is 7.21. The van der Waals surface area contributed by atoms with Gasteiger partial charge in [-0.05, 0) is 24.3 Å². The monoisotopic (exact) mass is 350 g/mol. The number of ether oxygens (including phenoxy) is 1. The fourth-order valence-electron chi connectivity index (χ4n) is 2.52. The molecule has 4 rings (SSSR count). The van der Waals surface area contributed by atoms with Gasteiger partial charge in [-0.2, -0.15) is 0 Å². The first-order valence-electron chi connectivity index (χ1n) is 7.62. The van der Waals surface area contributed by atoms with Crippen LogP contribution in [0.5, 0.6) is 5.75 Å². The van der Waals surface area contributed by atoms with Crippen molar-refractivity contribution < 1.29 is 9.53 Å². The van der Waals surface area contributed by atoms with E-state index in [1.807, 2.05) is 54.0 Å². The van der Waals surface area contributed by atoms with Gasteiger partial charge in [0.15, 0.2) is 6.61 Å². The van der Waals surface area contributed by atoms with Crippen molar-refractivity contribution in [1.29, 1.82) is 0 Å². The van der Waals surface area contributed by atoms with Gasteiger partial charge < -0.3 is 4.74 Å². The first-order chi connectivity index (χ1) is 12.2. The molecule has 2 heterocycles. The molecule has 0 saturated carbocycles. The van der Waals surface area contributed by atoms with Crippen LogP contribution in [0.3, 0.4) is 0 Å². The van der Waals surface area contributed by atoms with E-state index < -0.39 is 5.91 Å². The second kappa shape index (κ2) is 6.46. The van der Waals surface area contributed by atoms with Gasteiger partial charge in [-0.25, -0.2) is 15.8 Å². The fourth-order valence-corrected chi connectivity index (χ4v) is 3.46. The molecule has 3 N–H and O–H groups in total. The summed E-state index contributed by atoms with van der Waals surface area (Å²) in [6, 6.07) is 17.5. The van der Waals surface area contributed by atoms with Crippen LogP contribution in [0.4, 0.5) is 0 Å².